The number of nitrogens with one attached hydrogen (secondary N) is 2. The van der Waals surface area contributed by atoms with Crippen LogP contribution < -0.4 is 10.0 Å². The number of thiophene rings is 2. The summed E-state index contributed by atoms with van der Waals surface area (Å²) in [7, 11) is -1.62. The first-order chi connectivity index (χ1) is 8.63. The lowest BCUT2D eigenvalue weighted by atomic mass is 10.5. The second kappa shape index (κ2) is 5.94. The molecule has 2 rings (SSSR count). The van der Waals surface area contributed by atoms with Crippen LogP contribution in [0.4, 0.5) is 0 Å². The lowest BCUT2D eigenvalue weighted by Crippen LogP contribution is -2.23. The normalized spacial score (nSPS) is 11.8. The Balaban J connectivity index is 2.12. The van der Waals surface area contributed by atoms with Gasteiger partial charge in [-0.1, -0.05) is 6.07 Å². The minimum absolute atomic E-state index is 0.342. The molecule has 0 amide bonds. The predicted molar refractivity (Wildman–Crippen MR) is 75.4 cm³/mol. The van der Waals surface area contributed by atoms with Crippen molar-refractivity contribution in [1.29, 1.82) is 0 Å². The molecule has 4 nitrogen and oxygen atoms in total. The Morgan fingerprint density at radius 1 is 1.17 bits per heavy atom. The average Bonchev–Trinajstić information content (AvgIpc) is 2.97. The lowest BCUT2D eigenvalue weighted by molar-refractivity contribution is 0.580. The minimum atomic E-state index is -3.42. The van der Waals surface area contributed by atoms with Gasteiger partial charge in [0.05, 0.1) is 4.90 Å². The van der Waals surface area contributed by atoms with E-state index in [9.17, 15) is 8.42 Å². The van der Waals surface area contributed by atoms with Gasteiger partial charge < -0.3 is 5.32 Å². The largest absolute Gasteiger partial charge is 0.315 e. The van der Waals surface area contributed by atoms with E-state index < -0.39 is 10.0 Å². The van der Waals surface area contributed by atoms with Gasteiger partial charge in [0.25, 0.3) is 0 Å². The minimum Gasteiger partial charge on any atom is -0.315 e. The maximum Gasteiger partial charge on any atom is 0.242 e. The monoisotopic (exact) mass is 302 g/mol. The molecule has 0 radical (unpaired) electrons. The Morgan fingerprint density at radius 3 is 2.67 bits per heavy atom. The molecule has 18 heavy (non-hydrogen) atoms. The fourth-order valence-corrected chi connectivity index (χ4v) is 4.71. The third-order valence-corrected chi connectivity index (χ3v) is 5.76. The molecule has 0 bridgehead atoms. The van der Waals surface area contributed by atoms with E-state index in [-0.39, 0.29) is 0 Å². The van der Waals surface area contributed by atoms with Crippen molar-refractivity contribution in [3.8, 4) is 0 Å². The zero-order valence-corrected chi connectivity index (χ0v) is 12.3. The van der Waals surface area contributed by atoms with E-state index in [1.165, 1.54) is 22.7 Å². The molecule has 0 aliphatic heterocycles. The van der Waals surface area contributed by atoms with Gasteiger partial charge in [0.2, 0.25) is 10.0 Å². The van der Waals surface area contributed by atoms with E-state index in [0.717, 1.165) is 9.75 Å². The Bertz CT molecular complexity index is 588. The van der Waals surface area contributed by atoms with Crippen molar-refractivity contribution in [1.82, 2.24) is 10.0 Å². The molecule has 0 aliphatic rings. The first-order valence-electron chi connectivity index (χ1n) is 5.36. The van der Waals surface area contributed by atoms with Crippen LogP contribution in [0.1, 0.15) is 9.75 Å². The SMILES string of the molecule is CNCc1sccc1S(=O)(=O)NCc1cccs1. The molecule has 0 saturated heterocycles. The van der Waals surface area contributed by atoms with Gasteiger partial charge in [0, 0.05) is 22.8 Å². The highest BCUT2D eigenvalue weighted by atomic mass is 32.2. The van der Waals surface area contributed by atoms with Crippen molar-refractivity contribution in [2.45, 2.75) is 18.0 Å². The molecular weight excluding hydrogens is 288 g/mol. The Morgan fingerprint density at radius 2 is 2.00 bits per heavy atom. The van der Waals surface area contributed by atoms with Crippen molar-refractivity contribution >= 4 is 32.7 Å². The van der Waals surface area contributed by atoms with Gasteiger partial charge in [-0.05, 0) is 29.9 Å². The van der Waals surface area contributed by atoms with Crippen LogP contribution in [0, 0.1) is 0 Å². The van der Waals surface area contributed by atoms with Crippen LogP contribution in [0.5, 0.6) is 0 Å². The summed E-state index contributed by atoms with van der Waals surface area (Å²) in [4.78, 5) is 2.21. The molecule has 7 heteroatoms. The van der Waals surface area contributed by atoms with Crippen molar-refractivity contribution in [3.05, 3.63) is 38.7 Å². The maximum atomic E-state index is 12.2. The second-order valence-electron chi connectivity index (χ2n) is 3.64. The maximum absolute atomic E-state index is 12.2. The Kier molecular flexibility index (Phi) is 4.52. The van der Waals surface area contributed by atoms with E-state index >= 15 is 0 Å². The van der Waals surface area contributed by atoms with Gasteiger partial charge >= 0.3 is 0 Å². The molecule has 2 aromatic heterocycles. The molecule has 0 aromatic carbocycles. The van der Waals surface area contributed by atoms with Crippen molar-refractivity contribution in [2.75, 3.05) is 7.05 Å². The lowest BCUT2D eigenvalue weighted by Gasteiger charge is -2.06. The standard InChI is InChI=1S/C11H14N2O2S3/c1-12-8-10-11(4-6-17-10)18(14,15)13-7-9-3-2-5-16-9/h2-6,12-13H,7-8H2,1H3. The van der Waals surface area contributed by atoms with Gasteiger partial charge in [0.15, 0.2) is 0 Å². The quantitative estimate of drug-likeness (QED) is 0.858. The van der Waals surface area contributed by atoms with Gasteiger partial charge in [-0.15, -0.1) is 22.7 Å². The van der Waals surface area contributed by atoms with Gasteiger partial charge in [0.1, 0.15) is 0 Å². The zero-order valence-electron chi connectivity index (χ0n) is 9.84. The average molecular weight is 302 g/mol. The summed E-state index contributed by atoms with van der Waals surface area (Å²) in [5, 5.41) is 6.70. The molecule has 2 aromatic rings. The first kappa shape index (κ1) is 13.7. The van der Waals surface area contributed by atoms with Crippen LogP contribution in [0.25, 0.3) is 0 Å². The topological polar surface area (TPSA) is 58.2 Å². The van der Waals surface area contributed by atoms with Gasteiger partial charge in [-0.25, -0.2) is 13.1 Å². The number of sulfonamides is 1. The van der Waals surface area contributed by atoms with Gasteiger partial charge in [-0.2, -0.15) is 0 Å². The third-order valence-electron chi connectivity index (χ3n) is 2.35. The summed E-state index contributed by atoms with van der Waals surface area (Å²) in [6.07, 6.45) is 0. The van der Waals surface area contributed by atoms with E-state index in [1.807, 2.05) is 17.5 Å². The summed E-state index contributed by atoms with van der Waals surface area (Å²) in [6.45, 7) is 0.905. The summed E-state index contributed by atoms with van der Waals surface area (Å²) in [5.74, 6) is 0. The number of hydrogen-bond acceptors (Lipinski definition) is 5. The summed E-state index contributed by atoms with van der Waals surface area (Å²) in [6, 6.07) is 5.47. The predicted octanol–water partition coefficient (Wildman–Crippen LogP) is 2.01. The van der Waals surface area contributed by atoms with Crippen LogP contribution in [0.3, 0.4) is 0 Å². The molecule has 0 unspecified atom stereocenters. The van der Waals surface area contributed by atoms with Gasteiger partial charge in [-0.3, -0.25) is 0 Å². The summed E-state index contributed by atoms with van der Waals surface area (Å²) >= 11 is 2.98. The van der Waals surface area contributed by atoms with E-state index in [0.29, 0.717) is 18.0 Å². The smallest absolute Gasteiger partial charge is 0.242 e. The fraction of sp³-hybridized carbons (Fsp3) is 0.273. The number of rotatable bonds is 6. The van der Waals surface area contributed by atoms with Crippen molar-refractivity contribution in [2.24, 2.45) is 0 Å². The van der Waals surface area contributed by atoms with E-state index in [4.69, 9.17) is 0 Å². The van der Waals surface area contributed by atoms with Crippen LogP contribution in [-0.2, 0) is 23.1 Å². The van der Waals surface area contributed by atoms with Crippen LogP contribution in [0.2, 0.25) is 0 Å². The summed E-state index contributed by atoms with van der Waals surface area (Å²) < 4.78 is 26.9. The second-order valence-corrected chi connectivity index (χ2v) is 7.41. The van der Waals surface area contributed by atoms with Crippen molar-refractivity contribution < 1.29 is 8.42 Å². The van der Waals surface area contributed by atoms with Crippen LogP contribution in [-0.4, -0.2) is 15.5 Å². The van der Waals surface area contributed by atoms with E-state index in [2.05, 4.69) is 10.0 Å². The van der Waals surface area contributed by atoms with E-state index in [1.54, 1.807) is 18.5 Å². The highest BCUT2D eigenvalue weighted by Crippen LogP contribution is 2.22. The molecule has 0 saturated carbocycles. The van der Waals surface area contributed by atoms with Crippen molar-refractivity contribution in [3.63, 3.8) is 0 Å². The molecule has 2 heterocycles. The Hall–Kier alpha value is -0.730. The molecular formula is C11H14N2O2S3. The molecule has 0 aliphatic carbocycles. The van der Waals surface area contributed by atoms with Crippen LogP contribution in [0.15, 0.2) is 33.9 Å². The highest BCUT2D eigenvalue weighted by molar-refractivity contribution is 7.89. The molecule has 0 atom stereocenters. The molecule has 98 valence electrons. The molecule has 0 spiro atoms. The fourth-order valence-electron chi connectivity index (χ4n) is 1.51. The molecule has 2 N–H and O–H groups in total. The zero-order chi connectivity index (χ0) is 13.0. The highest BCUT2D eigenvalue weighted by Gasteiger charge is 2.19. The molecule has 0 fully saturated rings. The summed E-state index contributed by atoms with van der Waals surface area (Å²) in [5.41, 5.74) is 0. The first-order valence-corrected chi connectivity index (χ1v) is 8.61. The number of hydrogen-bond donors (Lipinski definition) is 2. The third kappa shape index (κ3) is 3.18. The Labute approximate surface area is 115 Å². The van der Waals surface area contributed by atoms with Crippen LogP contribution >= 0.6 is 22.7 Å².